The van der Waals surface area contributed by atoms with Gasteiger partial charge in [-0.05, 0) is 39.7 Å². The van der Waals surface area contributed by atoms with Crippen LogP contribution < -0.4 is 5.69 Å². The van der Waals surface area contributed by atoms with Crippen molar-refractivity contribution >= 4 is 18.6 Å². The molecular weight excluding hydrogens is 453 g/mol. The van der Waals surface area contributed by atoms with E-state index in [0.29, 0.717) is 23.9 Å². The van der Waals surface area contributed by atoms with Crippen molar-refractivity contribution in [3.05, 3.63) is 28.4 Å². The Balaban J connectivity index is 2.24. The van der Waals surface area contributed by atoms with E-state index in [1.54, 1.807) is 19.9 Å². The molecule has 2 unspecified atom stereocenters. The number of hydrogen-bond donors (Lipinski definition) is 5. The van der Waals surface area contributed by atoms with E-state index in [9.17, 15) is 29.6 Å². The van der Waals surface area contributed by atoms with Crippen LogP contribution in [0.15, 0.2) is 17.1 Å². The molecule has 0 aromatic carbocycles. The smallest absolute Gasteiger partial charge is 0.359 e. The number of aromatic amines is 1. The quantitative estimate of drug-likeness (QED) is 0.265. The van der Waals surface area contributed by atoms with Crippen LogP contribution in [-0.2, 0) is 13.8 Å². The van der Waals surface area contributed by atoms with Gasteiger partial charge in [-0.2, -0.15) is 4.98 Å². The summed E-state index contributed by atoms with van der Waals surface area (Å²) in [5, 5.41) is 28.8. The molecule has 0 amide bonds. The van der Waals surface area contributed by atoms with Gasteiger partial charge in [0.05, 0.1) is 18.8 Å². The monoisotopic (exact) mass is 489 g/mol. The molecule has 2 aromatic heterocycles. The molecule has 188 valence electrons. The average molecular weight is 490 g/mol. The number of aromatic nitrogens is 3. The molecule has 2 rings (SSSR count). The summed E-state index contributed by atoms with van der Waals surface area (Å²) in [5.41, 5.74) is -0.582. The molecule has 0 aliphatic heterocycles. The van der Waals surface area contributed by atoms with Crippen molar-refractivity contribution in [1.82, 2.24) is 14.5 Å². The zero-order valence-electron chi connectivity index (χ0n) is 19.8. The Labute approximate surface area is 192 Å². The summed E-state index contributed by atoms with van der Waals surface area (Å²) in [6.07, 6.45) is 0.0455. The first kappa shape index (κ1) is 27.7. The fraction of sp³-hybridized carbons (Fsp3) is 0.714. The number of nitrogens with zero attached hydrogens (tertiary/aromatic N) is 2. The summed E-state index contributed by atoms with van der Waals surface area (Å²) in [4.78, 5) is 29.8. The molecule has 0 fully saturated rings. The molecule has 0 bridgehead atoms. The maximum absolute atomic E-state index is 12.7. The molecule has 5 atom stereocenters. The van der Waals surface area contributed by atoms with Crippen molar-refractivity contribution in [2.75, 3.05) is 13.2 Å². The summed E-state index contributed by atoms with van der Waals surface area (Å²) in [7, 11) is -4.38. The standard InChI is InChI=1S/C21H36N3O8P/c1-6-8-20(4,32-33(29,30)21(5,28)7-2)9-10-31-18(16(26)13-25)24-12-15-11-14(3)22-17(15)23-19(24)27/h11-12,16,18,25-26,28H,6-10,13H2,1-5H3,(H,29,30)(H,22,23,27)/t16-,18-,20?,21-/m1/s1. The van der Waals surface area contributed by atoms with Crippen LogP contribution in [-0.4, -0.2) is 65.0 Å². The second-order valence-electron chi connectivity index (χ2n) is 8.83. The van der Waals surface area contributed by atoms with E-state index >= 15 is 0 Å². The van der Waals surface area contributed by atoms with Crippen LogP contribution in [0.4, 0.5) is 0 Å². The summed E-state index contributed by atoms with van der Waals surface area (Å²) < 4.78 is 25.2. The molecule has 0 saturated heterocycles. The van der Waals surface area contributed by atoms with Crippen LogP contribution >= 0.6 is 7.60 Å². The second kappa shape index (κ2) is 10.8. The van der Waals surface area contributed by atoms with Crippen LogP contribution in [0.25, 0.3) is 11.0 Å². The van der Waals surface area contributed by atoms with E-state index < -0.39 is 43.2 Å². The minimum Gasteiger partial charge on any atom is -0.394 e. The third kappa shape index (κ3) is 6.51. The second-order valence-corrected chi connectivity index (χ2v) is 11.0. The largest absolute Gasteiger partial charge is 0.394 e. The van der Waals surface area contributed by atoms with Crippen molar-refractivity contribution in [3.8, 4) is 0 Å². The van der Waals surface area contributed by atoms with Gasteiger partial charge in [0.1, 0.15) is 11.8 Å². The normalized spacial score (nSPS) is 19.5. The Morgan fingerprint density at radius 3 is 2.55 bits per heavy atom. The lowest BCUT2D eigenvalue weighted by Crippen LogP contribution is -2.39. The molecule has 33 heavy (non-hydrogen) atoms. The molecule has 0 radical (unpaired) electrons. The third-order valence-electron chi connectivity index (χ3n) is 5.78. The summed E-state index contributed by atoms with van der Waals surface area (Å²) in [6, 6.07) is 1.78. The summed E-state index contributed by atoms with van der Waals surface area (Å²) in [5.74, 6) is 0. The van der Waals surface area contributed by atoms with Crippen molar-refractivity contribution in [2.45, 2.75) is 83.6 Å². The number of aryl methyl sites for hydroxylation is 1. The van der Waals surface area contributed by atoms with Crippen LogP contribution in [0.1, 0.15) is 65.3 Å². The highest BCUT2D eigenvalue weighted by molar-refractivity contribution is 7.54. The highest BCUT2D eigenvalue weighted by Crippen LogP contribution is 2.58. The fourth-order valence-corrected chi connectivity index (χ4v) is 4.91. The van der Waals surface area contributed by atoms with E-state index in [1.165, 1.54) is 13.1 Å². The molecule has 2 heterocycles. The molecule has 0 spiro atoms. The number of nitrogens with one attached hydrogen (secondary N) is 1. The third-order valence-corrected chi connectivity index (χ3v) is 8.00. The number of ether oxygens (including phenoxy) is 1. The predicted octanol–water partition coefficient (Wildman–Crippen LogP) is 2.17. The first-order valence-electron chi connectivity index (χ1n) is 11.0. The van der Waals surface area contributed by atoms with Gasteiger partial charge in [-0.25, -0.2) is 4.79 Å². The minimum absolute atomic E-state index is 0.0290. The van der Waals surface area contributed by atoms with E-state index in [0.717, 1.165) is 10.3 Å². The minimum atomic E-state index is -4.38. The Kier molecular flexibility index (Phi) is 9.03. The molecular formula is C21H36N3O8P. The number of rotatable bonds is 13. The number of hydrogen-bond acceptors (Lipinski definition) is 8. The van der Waals surface area contributed by atoms with Crippen LogP contribution in [0.3, 0.4) is 0 Å². The van der Waals surface area contributed by atoms with Crippen molar-refractivity contribution in [3.63, 3.8) is 0 Å². The summed E-state index contributed by atoms with van der Waals surface area (Å²) >= 11 is 0. The maximum Gasteiger partial charge on any atom is 0.359 e. The SMILES string of the molecule is CCCC(C)(CCO[C@H]([C@H](O)CO)n1cc2cc(C)[nH]c2nc1=O)OP(=O)(O)[C@@](C)(O)CC. The number of fused-ring (bicyclic) bond motifs is 1. The van der Waals surface area contributed by atoms with Gasteiger partial charge in [0.15, 0.2) is 11.6 Å². The van der Waals surface area contributed by atoms with Crippen molar-refractivity contribution in [2.24, 2.45) is 0 Å². The molecule has 0 aliphatic rings. The van der Waals surface area contributed by atoms with E-state index in [2.05, 4.69) is 9.97 Å². The van der Waals surface area contributed by atoms with E-state index in [4.69, 9.17) is 9.26 Å². The highest BCUT2D eigenvalue weighted by atomic mass is 31.2. The lowest BCUT2D eigenvalue weighted by molar-refractivity contribution is -0.111. The zero-order chi connectivity index (χ0) is 25.0. The lowest BCUT2D eigenvalue weighted by Gasteiger charge is -2.37. The Bertz CT molecular complexity index is 1040. The first-order valence-corrected chi connectivity index (χ1v) is 12.6. The topological polar surface area (TPSA) is 167 Å². The molecule has 0 saturated carbocycles. The highest BCUT2D eigenvalue weighted by Gasteiger charge is 2.46. The fourth-order valence-electron chi connectivity index (χ4n) is 3.53. The first-order chi connectivity index (χ1) is 15.3. The van der Waals surface area contributed by atoms with Crippen LogP contribution in [0.2, 0.25) is 0 Å². The molecule has 5 N–H and O–H groups in total. The van der Waals surface area contributed by atoms with Crippen LogP contribution in [0, 0.1) is 6.92 Å². The van der Waals surface area contributed by atoms with Gasteiger partial charge in [0.25, 0.3) is 0 Å². The van der Waals surface area contributed by atoms with E-state index in [-0.39, 0.29) is 19.4 Å². The van der Waals surface area contributed by atoms with E-state index in [1.807, 2.05) is 13.8 Å². The lowest BCUT2D eigenvalue weighted by atomic mass is 9.97. The molecule has 0 aliphatic carbocycles. The Hall–Kier alpha value is -1.59. The van der Waals surface area contributed by atoms with Crippen molar-refractivity contribution in [1.29, 1.82) is 0 Å². The van der Waals surface area contributed by atoms with Gasteiger partial charge in [-0.1, -0.05) is 20.3 Å². The maximum atomic E-state index is 12.7. The predicted molar refractivity (Wildman–Crippen MR) is 123 cm³/mol. The number of H-pyrrole nitrogens is 1. The average Bonchev–Trinajstić information content (AvgIpc) is 3.08. The number of aliphatic hydroxyl groups excluding tert-OH is 2. The summed E-state index contributed by atoms with van der Waals surface area (Å²) in [6.45, 7) is 7.47. The van der Waals surface area contributed by atoms with Crippen LogP contribution in [0.5, 0.6) is 0 Å². The van der Waals surface area contributed by atoms with Gasteiger partial charge in [-0.3, -0.25) is 9.13 Å². The Morgan fingerprint density at radius 1 is 1.30 bits per heavy atom. The zero-order valence-corrected chi connectivity index (χ0v) is 20.7. The Morgan fingerprint density at radius 2 is 1.97 bits per heavy atom. The molecule has 2 aromatic rings. The van der Waals surface area contributed by atoms with Crippen molar-refractivity contribution < 1.29 is 34.0 Å². The molecule has 12 heteroatoms. The van der Waals surface area contributed by atoms with Gasteiger partial charge in [-0.15, -0.1) is 0 Å². The number of aliphatic hydroxyl groups is 3. The van der Waals surface area contributed by atoms with Gasteiger partial charge >= 0.3 is 13.3 Å². The van der Waals surface area contributed by atoms with Gasteiger partial charge in [0.2, 0.25) is 0 Å². The van der Waals surface area contributed by atoms with Gasteiger partial charge < -0.3 is 34.5 Å². The van der Waals surface area contributed by atoms with Gasteiger partial charge in [0, 0.05) is 23.7 Å². The molecule has 11 nitrogen and oxygen atoms in total.